The van der Waals surface area contributed by atoms with Gasteiger partial charge in [0, 0.05) is 19.2 Å². The van der Waals surface area contributed by atoms with Crippen molar-refractivity contribution in [3.05, 3.63) is 65.2 Å². The van der Waals surface area contributed by atoms with Gasteiger partial charge in [-0.25, -0.2) is 13.6 Å². The number of amides is 2. The molecule has 1 aliphatic heterocycles. The predicted molar refractivity (Wildman–Crippen MR) is 94.8 cm³/mol. The summed E-state index contributed by atoms with van der Waals surface area (Å²) in [6, 6.07) is 7.60. The summed E-state index contributed by atoms with van der Waals surface area (Å²) < 4.78 is 64.4. The highest BCUT2D eigenvalue weighted by Gasteiger charge is 2.30. The molecular formula is C20H19F5N2O. The van der Waals surface area contributed by atoms with E-state index in [1.165, 1.54) is 18.2 Å². The molecule has 0 aliphatic carbocycles. The van der Waals surface area contributed by atoms with Gasteiger partial charge in [0.2, 0.25) is 0 Å². The van der Waals surface area contributed by atoms with Gasteiger partial charge in [0.25, 0.3) is 0 Å². The number of anilines is 1. The van der Waals surface area contributed by atoms with Gasteiger partial charge < -0.3 is 10.2 Å². The number of rotatable bonds is 3. The average Bonchev–Trinajstić information content (AvgIpc) is 2.64. The Morgan fingerprint density at radius 2 is 1.68 bits per heavy atom. The van der Waals surface area contributed by atoms with Gasteiger partial charge >= 0.3 is 12.2 Å². The zero-order valence-corrected chi connectivity index (χ0v) is 14.9. The first-order valence-corrected chi connectivity index (χ1v) is 8.89. The Morgan fingerprint density at radius 1 is 1.04 bits per heavy atom. The Labute approximate surface area is 159 Å². The molecule has 0 unspecified atom stereocenters. The van der Waals surface area contributed by atoms with Crippen molar-refractivity contribution in [3.8, 4) is 0 Å². The lowest BCUT2D eigenvalue weighted by Crippen LogP contribution is -2.41. The van der Waals surface area contributed by atoms with Crippen molar-refractivity contribution < 1.29 is 26.7 Å². The second-order valence-electron chi connectivity index (χ2n) is 6.88. The number of carbonyl (C=O) groups is 1. The van der Waals surface area contributed by atoms with Crippen LogP contribution in [0.4, 0.5) is 32.4 Å². The van der Waals surface area contributed by atoms with E-state index < -0.39 is 29.4 Å². The number of alkyl halides is 3. The van der Waals surface area contributed by atoms with E-state index in [-0.39, 0.29) is 11.6 Å². The fraction of sp³-hybridized carbons (Fsp3) is 0.350. The normalized spacial score (nSPS) is 15.5. The highest BCUT2D eigenvalue weighted by Crippen LogP contribution is 2.30. The molecule has 0 saturated carbocycles. The third-order valence-corrected chi connectivity index (χ3v) is 4.88. The SMILES string of the molecule is O=C(Nc1ccc(F)cc1F)N1CCC(Cc2ccc(C(F)(F)F)cc2)CC1. The minimum Gasteiger partial charge on any atom is -0.325 e. The van der Waals surface area contributed by atoms with Gasteiger partial charge in [-0.05, 0) is 55.0 Å². The molecule has 3 nitrogen and oxygen atoms in total. The lowest BCUT2D eigenvalue weighted by Gasteiger charge is -2.32. The monoisotopic (exact) mass is 398 g/mol. The molecule has 150 valence electrons. The van der Waals surface area contributed by atoms with Crippen molar-refractivity contribution in [1.82, 2.24) is 4.90 Å². The molecule has 8 heteroatoms. The molecule has 3 rings (SSSR count). The summed E-state index contributed by atoms with van der Waals surface area (Å²) in [4.78, 5) is 13.8. The maximum absolute atomic E-state index is 13.6. The van der Waals surface area contributed by atoms with Crippen LogP contribution in [0.2, 0.25) is 0 Å². The molecule has 0 bridgehead atoms. The summed E-state index contributed by atoms with van der Waals surface area (Å²) in [5.41, 5.74) is 0.0679. The quantitative estimate of drug-likeness (QED) is 0.684. The van der Waals surface area contributed by atoms with Gasteiger partial charge in [0.15, 0.2) is 0 Å². The number of carbonyl (C=O) groups excluding carboxylic acids is 1. The number of nitrogens with zero attached hydrogens (tertiary/aromatic N) is 1. The summed E-state index contributed by atoms with van der Waals surface area (Å²) >= 11 is 0. The summed E-state index contributed by atoms with van der Waals surface area (Å²) in [5.74, 6) is -1.31. The van der Waals surface area contributed by atoms with Crippen LogP contribution < -0.4 is 5.32 Å². The van der Waals surface area contributed by atoms with Crippen molar-refractivity contribution >= 4 is 11.7 Å². The second kappa shape index (κ2) is 8.16. The molecule has 2 aromatic rings. The van der Waals surface area contributed by atoms with Gasteiger partial charge in [-0.3, -0.25) is 0 Å². The molecule has 1 saturated heterocycles. The first kappa shape index (κ1) is 20.1. The number of piperidine rings is 1. The molecule has 1 fully saturated rings. The third-order valence-electron chi connectivity index (χ3n) is 4.88. The zero-order valence-electron chi connectivity index (χ0n) is 14.9. The Hall–Kier alpha value is -2.64. The average molecular weight is 398 g/mol. The van der Waals surface area contributed by atoms with Crippen LogP contribution in [-0.2, 0) is 12.6 Å². The maximum Gasteiger partial charge on any atom is 0.416 e. The maximum atomic E-state index is 13.6. The Morgan fingerprint density at radius 3 is 2.25 bits per heavy atom. The van der Waals surface area contributed by atoms with Crippen LogP contribution in [-0.4, -0.2) is 24.0 Å². The minimum atomic E-state index is -4.35. The van der Waals surface area contributed by atoms with Crippen LogP contribution in [0, 0.1) is 17.6 Å². The van der Waals surface area contributed by atoms with Crippen LogP contribution in [0.1, 0.15) is 24.0 Å². The van der Waals surface area contributed by atoms with Crippen molar-refractivity contribution in [2.45, 2.75) is 25.4 Å². The van der Waals surface area contributed by atoms with E-state index in [9.17, 15) is 26.7 Å². The Kier molecular flexibility index (Phi) is 5.86. The molecule has 0 aromatic heterocycles. The zero-order chi connectivity index (χ0) is 20.3. The molecular weight excluding hydrogens is 379 g/mol. The number of hydrogen-bond donors (Lipinski definition) is 1. The number of urea groups is 1. The lowest BCUT2D eigenvalue weighted by molar-refractivity contribution is -0.137. The predicted octanol–water partition coefficient (Wildman–Crippen LogP) is 5.47. The topological polar surface area (TPSA) is 32.3 Å². The number of benzene rings is 2. The van der Waals surface area contributed by atoms with Crippen molar-refractivity contribution in [3.63, 3.8) is 0 Å². The first-order chi connectivity index (χ1) is 13.2. The van der Waals surface area contributed by atoms with Crippen LogP contribution in [0.15, 0.2) is 42.5 Å². The van der Waals surface area contributed by atoms with E-state index in [0.29, 0.717) is 38.4 Å². The van der Waals surface area contributed by atoms with Crippen molar-refractivity contribution in [2.75, 3.05) is 18.4 Å². The van der Waals surface area contributed by atoms with E-state index >= 15 is 0 Å². The van der Waals surface area contributed by atoms with E-state index in [1.807, 2.05) is 0 Å². The Bertz CT molecular complexity index is 827. The van der Waals surface area contributed by atoms with Crippen LogP contribution in [0.25, 0.3) is 0 Å². The molecule has 0 spiro atoms. The van der Waals surface area contributed by atoms with Gasteiger partial charge in [-0.1, -0.05) is 12.1 Å². The van der Waals surface area contributed by atoms with Gasteiger partial charge in [-0.15, -0.1) is 0 Å². The molecule has 1 N–H and O–H groups in total. The third kappa shape index (κ3) is 4.99. The molecule has 28 heavy (non-hydrogen) atoms. The smallest absolute Gasteiger partial charge is 0.325 e. The molecule has 1 aliphatic rings. The first-order valence-electron chi connectivity index (χ1n) is 8.89. The summed E-state index contributed by atoms with van der Waals surface area (Å²) in [6.45, 7) is 0.917. The van der Waals surface area contributed by atoms with Crippen molar-refractivity contribution in [1.29, 1.82) is 0 Å². The summed E-state index contributed by atoms with van der Waals surface area (Å²) in [5, 5.41) is 2.43. The standard InChI is InChI=1S/C20H19F5N2O/c21-16-5-6-18(17(22)12-16)26-19(28)27-9-7-14(8-10-27)11-13-1-3-15(4-2-13)20(23,24)25/h1-6,12,14H,7-11H2,(H,26,28). The number of nitrogens with one attached hydrogen (secondary N) is 1. The van der Waals surface area contributed by atoms with E-state index in [2.05, 4.69) is 5.32 Å². The summed E-state index contributed by atoms with van der Waals surface area (Å²) in [6.07, 6.45) is -2.32. The molecule has 1 heterocycles. The van der Waals surface area contributed by atoms with Gasteiger partial charge in [0.1, 0.15) is 11.6 Å². The minimum absolute atomic E-state index is 0.0849. The van der Waals surface area contributed by atoms with Crippen LogP contribution >= 0.6 is 0 Å². The number of hydrogen-bond acceptors (Lipinski definition) is 1. The number of halogens is 5. The van der Waals surface area contributed by atoms with Crippen molar-refractivity contribution in [2.24, 2.45) is 5.92 Å². The summed E-state index contributed by atoms with van der Waals surface area (Å²) in [7, 11) is 0. The fourth-order valence-corrected chi connectivity index (χ4v) is 3.29. The highest BCUT2D eigenvalue weighted by atomic mass is 19.4. The number of likely N-dealkylation sites (tertiary alicyclic amines) is 1. The largest absolute Gasteiger partial charge is 0.416 e. The Balaban J connectivity index is 1.50. The van der Waals surface area contributed by atoms with Gasteiger partial charge in [-0.2, -0.15) is 13.2 Å². The van der Waals surface area contributed by atoms with E-state index in [4.69, 9.17) is 0 Å². The fourth-order valence-electron chi connectivity index (χ4n) is 3.29. The van der Waals surface area contributed by atoms with Gasteiger partial charge in [0.05, 0.1) is 11.3 Å². The van der Waals surface area contributed by atoms with Crippen LogP contribution in [0.3, 0.4) is 0 Å². The second-order valence-corrected chi connectivity index (χ2v) is 6.88. The highest BCUT2D eigenvalue weighted by molar-refractivity contribution is 5.89. The lowest BCUT2D eigenvalue weighted by atomic mass is 9.90. The van der Waals surface area contributed by atoms with E-state index in [0.717, 1.165) is 23.8 Å². The molecule has 0 radical (unpaired) electrons. The van der Waals surface area contributed by atoms with E-state index in [1.54, 1.807) is 4.90 Å². The van der Waals surface area contributed by atoms with Crippen LogP contribution in [0.5, 0.6) is 0 Å². The molecule has 2 amide bonds. The molecule has 2 aromatic carbocycles. The molecule has 0 atom stereocenters.